The molecule has 0 bridgehead atoms. The molecule has 0 radical (unpaired) electrons. The molecule has 0 unspecified atom stereocenters. The van der Waals surface area contributed by atoms with E-state index < -0.39 is 0 Å². The summed E-state index contributed by atoms with van der Waals surface area (Å²) >= 11 is 0. The van der Waals surface area contributed by atoms with Crippen LogP contribution in [-0.4, -0.2) is 43.3 Å². The Morgan fingerprint density at radius 3 is 2.85 bits per heavy atom. The Morgan fingerprint density at radius 1 is 1.35 bits per heavy atom. The highest BCUT2D eigenvalue weighted by atomic mass is 16.5. The van der Waals surface area contributed by atoms with Gasteiger partial charge in [0.05, 0.1) is 11.9 Å². The number of anilines is 1. The first-order valence-electron chi connectivity index (χ1n) is 7.59. The summed E-state index contributed by atoms with van der Waals surface area (Å²) in [6, 6.07) is 0. The van der Waals surface area contributed by atoms with Gasteiger partial charge in [-0.25, -0.2) is 4.98 Å². The average molecular weight is 278 g/mol. The Morgan fingerprint density at radius 2 is 2.15 bits per heavy atom. The van der Waals surface area contributed by atoms with Gasteiger partial charge < -0.3 is 15.0 Å². The molecule has 1 fully saturated rings. The van der Waals surface area contributed by atoms with Crippen LogP contribution in [0.2, 0.25) is 0 Å². The van der Waals surface area contributed by atoms with E-state index in [0.29, 0.717) is 5.92 Å². The lowest BCUT2D eigenvalue weighted by Crippen LogP contribution is -2.35. The maximum Gasteiger partial charge on any atom is 0.147 e. The van der Waals surface area contributed by atoms with Crippen molar-refractivity contribution in [1.82, 2.24) is 15.3 Å². The van der Waals surface area contributed by atoms with Gasteiger partial charge in [0.1, 0.15) is 5.82 Å². The third kappa shape index (κ3) is 4.42. The summed E-state index contributed by atoms with van der Waals surface area (Å²) in [5.74, 6) is 1.70. The van der Waals surface area contributed by atoms with Gasteiger partial charge in [-0.05, 0) is 31.7 Å². The van der Waals surface area contributed by atoms with Gasteiger partial charge >= 0.3 is 0 Å². The normalized spacial score (nSPS) is 16.6. The van der Waals surface area contributed by atoms with E-state index in [-0.39, 0.29) is 0 Å². The van der Waals surface area contributed by atoms with Crippen molar-refractivity contribution >= 4 is 5.82 Å². The first-order chi connectivity index (χ1) is 9.83. The van der Waals surface area contributed by atoms with Gasteiger partial charge in [-0.3, -0.25) is 4.98 Å². The summed E-state index contributed by atoms with van der Waals surface area (Å²) in [6.07, 6.45) is 7.21. The minimum absolute atomic E-state index is 0.693. The quantitative estimate of drug-likeness (QED) is 0.771. The van der Waals surface area contributed by atoms with E-state index in [1.807, 2.05) is 12.4 Å². The molecule has 1 aromatic rings. The van der Waals surface area contributed by atoms with E-state index in [1.54, 1.807) is 7.11 Å². The van der Waals surface area contributed by atoms with Crippen molar-refractivity contribution in [3.8, 4) is 0 Å². The van der Waals surface area contributed by atoms with Gasteiger partial charge in [0.2, 0.25) is 0 Å². The number of hydrogen-bond donors (Lipinski definition) is 1. The summed E-state index contributed by atoms with van der Waals surface area (Å²) in [7, 11) is 1.78. The fourth-order valence-corrected chi connectivity index (χ4v) is 2.59. The van der Waals surface area contributed by atoms with Crippen LogP contribution in [0.4, 0.5) is 5.82 Å². The van der Waals surface area contributed by atoms with E-state index in [0.717, 1.165) is 50.7 Å². The smallest absolute Gasteiger partial charge is 0.147 e. The molecule has 1 aliphatic rings. The average Bonchev–Trinajstić information content (AvgIpc) is 2.49. The van der Waals surface area contributed by atoms with Crippen LogP contribution in [0.15, 0.2) is 12.4 Å². The van der Waals surface area contributed by atoms with Gasteiger partial charge in [-0.15, -0.1) is 0 Å². The third-order valence-corrected chi connectivity index (χ3v) is 3.75. The van der Waals surface area contributed by atoms with Gasteiger partial charge in [0.25, 0.3) is 0 Å². The van der Waals surface area contributed by atoms with Crippen LogP contribution in [0, 0.1) is 5.92 Å². The predicted molar refractivity (Wildman–Crippen MR) is 80.8 cm³/mol. The van der Waals surface area contributed by atoms with Crippen molar-refractivity contribution in [2.75, 3.05) is 38.3 Å². The summed E-state index contributed by atoms with van der Waals surface area (Å²) in [5.41, 5.74) is 1.02. The van der Waals surface area contributed by atoms with E-state index in [2.05, 4.69) is 22.1 Å². The zero-order valence-electron chi connectivity index (χ0n) is 12.6. The first kappa shape index (κ1) is 15.2. The Balaban J connectivity index is 1.87. The van der Waals surface area contributed by atoms with Gasteiger partial charge in [-0.2, -0.15) is 0 Å². The summed E-state index contributed by atoms with van der Waals surface area (Å²) in [4.78, 5) is 11.4. The van der Waals surface area contributed by atoms with Crippen LogP contribution < -0.4 is 10.2 Å². The Kier molecular flexibility index (Phi) is 6.21. The number of methoxy groups -OCH3 is 1. The molecule has 0 saturated carbocycles. The molecule has 20 heavy (non-hydrogen) atoms. The van der Waals surface area contributed by atoms with Crippen LogP contribution in [0.3, 0.4) is 0 Å². The molecular formula is C15H26N4O. The monoisotopic (exact) mass is 278 g/mol. The third-order valence-electron chi connectivity index (χ3n) is 3.75. The maximum atomic E-state index is 5.24. The number of nitrogens with one attached hydrogen (secondary N) is 1. The molecule has 5 nitrogen and oxygen atoms in total. The minimum atomic E-state index is 0.693. The van der Waals surface area contributed by atoms with Crippen LogP contribution in [0.1, 0.15) is 31.9 Å². The van der Waals surface area contributed by atoms with E-state index in [1.165, 1.54) is 12.8 Å². The summed E-state index contributed by atoms with van der Waals surface area (Å²) in [6.45, 7) is 6.96. The Hall–Kier alpha value is -1.20. The molecule has 5 heteroatoms. The van der Waals surface area contributed by atoms with Gasteiger partial charge in [-0.1, -0.05) is 6.92 Å². The molecule has 1 aromatic heterocycles. The van der Waals surface area contributed by atoms with Crippen LogP contribution in [-0.2, 0) is 11.3 Å². The second kappa shape index (κ2) is 8.17. The van der Waals surface area contributed by atoms with Crippen molar-refractivity contribution < 1.29 is 4.74 Å². The second-order valence-electron chi connectivity index (χ2n) is 5.43. The van der Waals surface area contributed by atoms with Crippen molar-refractivity contribution in [2.24, 2.45) is 5.92 Å². The van der Waals surface area contributed by atoms with Crippen molar-refractivity contribution in [3.05, 3.63) is 18.1 Å². The maximum absolute atomic E-state index is 5.24. The molecule has 0 aromatic carbocycles. The summed E-state index contributed by atoms with van der Waals surface area (Å²) < 4.78 is 5.24. The molecule has 1 aliphatic heterocycles. The van der Waals surface area contributed by atoms with Crippen molar-refractivity contribution in [2.45, 2.75) is 32.7 Å². The molecule has 0 spiro atoms. The molecule has 2 rings (SSSR count). The van der Waals surface area contributed by atoms with Crippen LogP contribution in [0.25, 0.3) is 0 Å². The van der Waals surface area contributed by atoms with Gasteiger partial charge in [0.15, 0.2) is 0 Å². The zero-order valence-corrected chi connectivity index (χ0v) is 12.6. The van der Waals surface area contributed by atoms with Crippen molar-refractivity contribution in [3.63, 3.8) is 0 Å². The largest absolute Gasteiger partial charge is 0.384 e. The Labute approximate surface area is 121 Å². The second-order valence-corrected chi connectivity index (χ2v) is 5.43. The number of ether oxygens (including phenoxy) is 1. The number of piperidine rings is 1. The molecule has 2 heterocycles. The highest BCUT2D eigenvalue weighted by Gasteiger charge is 2.20. The molecular weight excluding hydrogens is 252 g/mol. The lowest BCUT2D eigenvalue weighted by Gasteiger charge is -2.32. The van der Waals surface area contributed by atoms with E-state index >= 15 is 0 Å². The fourth-order valence-electron chi connectivity index (χ4n) is 2.59. The van der Waals surface area contributed by atoms with Gasteiger partial charge in [0, 0.05) is 39.5 Å². The van der Waals surface area contributed by atoms with E-state index in [9.17, 15) is 0 Å². The number of rotatable bonds is 7. The number of nitrogens with zero attached hydrogens (tertiary/aromatic N) is 3. The first-order valence-corrected chi connectivity index (χ1v) is 7.59. The topological polar surface area (TPSA) is 50.3 Å². The molecule has 0 atom stereocenters. The van der Waals surface area contributed by atoms with E-state index in [4.69, 9.17) is 9.72 Å². The highest BCUT2D eigenvalue weighted by molar-refractivity contribution is 5.36. The predicted octanol–water partition coefficient (Wildman–Crippen LogP) is 1.84. The van der Waals surface area contributed by atoms with Crippen LogP contribution in [0.5, 0.6) is 0 Å². The molecule has 112 valence electrons. The molecule has 0 aliphatic carbocycles. The van der Waals surface area contributed by atoms with Crippen LogP contribution >= 0.6 is 0 Å². The standard InChI is InChI=1S/C15H26N4O/c1-3-6-16-9-14-10-17-11-15(18-14)19-7-4-13(5-8-19)12-20-2/h10-11,13,16H,3-9,12H2,1-2H3. The zero-order chi connectivity index (χ0) is 14.2. The lowest BCUT2D eigenvalue weighted by atomic mass is 9.98. The lowest BCUT2D eigenvalue weighted by molar-refractivity contribution is 0.139. The minimum Gasteiger partial charge on any atom is -0.384 e. The number of aromatic nitrogens is 2. The Bertz CT molecular complexity index is 391. The summed E-state index contributed by atoms with van der Waals surface area (Å²) in [5, 5.41) is 3.37. The number of hydrogen-bond acceptors (Lipinski definition) is 5. The fraction of sp³-hybridized carbons (Fsp3) is 0.733. The SMILES string of the molecule is CCCNCc1cncc(N2CCC(COC)CC2)n1. The molecule has 1 saturated heterocycles. The molecule has 1 N–H and O–H groups in total. The molecule has 0 amide bonds. The highest BCUT2D eigenvalue weighted by Crippen LogP contribution is 2.21. The van der Waals surface area contributed by atoms with Crippen molar-refractivity contribution in [1.29, 1.82) is 0 Å².